The second kappa shape index (κ2) is 8.89. The summed E-state index contributed by atoms with van der Waals surface area (Å²) in [5, 5.41) is 12.3. The first kappa shape index (κ1) is 23.2. The predicted octanol–water partition coefficient (Wildman–Crippen LogP) is 3.02. The van der Waals surface area contributed by atoms with Crippen LogP contribution in [0.25, 0.3) is 10.9 Å². The lowest BCUT2D eigenvalue weighted by atomic mass is 9.68. The first-order chi connectivity index (χ1) is 16.3. The summed E-state index contributed by atoms with van der Waals surface area (Å²) in [7, 11) is 5.49. The number of ether oxygens (including phenoxy) is 1. The largest absolute Gasteiger partial charge is 0.497 e. The van der Waals surface area contributed by atoms with Crippen LogP contribution >= 0.6 is 11.6 Å². The number of likely N-dealkylation sites (N-methyl/N-ethyl adjacent to an activating group) is 1. The summed E-state index contributed by atoms with van der Waals surface area (Å²) >= 11 is 6.10. The Morgan fingerprint density at radius 2 is 1.94 bits per heavy atom. The zero-order valence-electron chi connectivity index (χ0n) is 19.8. The molecule has 1 spiro atoms. The molecule has 2 N–H and O–H groups in total. The minimum atomic E-state index is -0.192. The van der Waals surface area contributed by atoms with E-state index in [-0.39, 0.29) is 24.0 Å². The first-order valence-corrected chi connectivity index (χ1v) is 11.9. The van der Waals surface area contributed by atoms with Crippen molar-refractivity contribution in [2.24, 2.45) is 0 Å². The number of H-pyrrole nitrogens is 1. The Morgan fingerprint density at radius 3 is 2.59 bits per heavy atom. The molecule has 0 aliphatic carbocycles. The smallest absolute Gasteiger partial charge is 0.236 e. The van der Waals surface area contributed by atoms with Crippen molar-refractivity contribution in [3.05, 3.63) is 64.3 Å². The lowest BCUT2D eigenvalue weighted by molar-refractivity contribution is -0.141. The third-order valence-corrected chi connectivity index (χ3v) is 7.36. The number of halogens is 1. The van der Waals surface area contributed by atoms with Crippen LogP contribution in [0.3, 0.4) is 0 Å². The maximum atomic E-state index is 12.8. The van der Waals surface area contributed by atoms with Gasteiger partial charge in [-0.05, 0) is 49.5 Å². The molecule has 8 heteroatoms. The number of fused-ring (bicyclic) bond motifs is 4. The summed E-state index contributed by atoms with van der Waals surface area (Å²) in [4.78, 5) is 22.6. The molecule has 3 aromatic rings. The van der Waals surface area contributed by atoms with Crippen LogP contribution in [-0.2, 0) is 16.8 Å². The number of carbonyl (C=O) groups is 1. The standard InChI is InChI=1S/C26H31ClN4O3/c1-29(2)12-23(33)31-15-26(16-31)14-30(11-17-4-6-18(27)7-5-17)22(13-32)25-24(26)20-9-8-19(34-3)10-21(20)28-25/h4-10,22,28,32H,11-16H2,1-3H3/t22-/m1/s1. The molecule has 34 heavy (non-hydrogen) atoms. The van der Waals surface area contributed by atoms with E-state index in [1.807, 2.05) is 60.3 Å². The average molecular weight is 483 g/mol. The van der Waals surface area contributed by atoms with Gasteiger partial charge in [-0.25, -0.2) is 0 Å². The normalized spacial score (nSPS) is 19.5. The number of carbonyl (C=O) groups excluding carboxylic acids is 1. The number of nitrogens with zero attached hydrogens (tertiary/aromatic N) is 3. The van der Waals surface area contributed by atoms with Crippen LogP contribution in [0, 0.1) is 0 Å². The maximum Gasteiger partial charge on any atom is 0.236 e. The minimum absolute atomic E-state index is 0.00387. The van der Waals surface area contributed by atoms with Gasteiger partial charge in [0.2, 0.25) is 5.91 Å². The molecule has 1 saturated heterocycles. The number of hydrogen-bond donors (Lipinski definition) is 2. The number of benzene rings is 2. The molecule has 2 aliphatic rings. The molecule has 1 atom stereocenters. The predicted molar refractivity (Wildman–Crippen MR) is 133 cm³/mol. The summed E-state index contributed by atoms with van der Waals surface area (Å²) in [6.07, 6.45) is 0. The highest BCUT2D eigenvalue weighted by Gasteiger charge is 2.53. The Morgan fingerprint density at radius 1 is 1.21 bits per heavy atom. The molecular formula is C26H31ClN4O3. The van der Waals surface area contributed by atoms with E-state index in [4.69, 9.17) is 16.3 Å². The van der Waals surface area contributed by atoms with Gasteiger partial charge in [-0.3, -0.25) is 9.69 Å². The molecule has 0 radical (unpaired) electrons. The Balaban J connectivity index is 1.55. The minimum Gasteiger partial charge on any atom is -0.497 e. The summed E-state index contributed by atoms with van der Waals surface area (Å²) in [6, 6.07) is 13.8. The molecule has 5 rings (SSSR count). The van der Waals surface area contributed by atoms with Gasteiger partial charge in [-0.1, -0.05) is 23.7 Å². The monoisotopic (exact) mass is 482 g/mol. The van der Waals surface area contributed by atoms with Gasteiger partial charge in [0.25, 0.3) is 0 Å². The van der Waals surface area contributed by atoms with E-state index in [0.717, 1.165) is 34.5 Å². The van der Waals surface area contributed by atoms with Crippen molar-refractivity contribution in [2.45, 2.75) is 18.0 Å². The highest BCUT2D eigenvalue weighted by molar-refractivity contribution is 6.30. The number of aliphatic hydroxyl groups excluding tert-OH is 1. The molecular weight excluding hydrogens is 452 g/mol. The second-order valence-electron chi connectivity index (χ2n) is 9.82. The van der Waals surface area contributed by atoms with E-state index in [2.05, 4.69) is 16.0 Å². The molecule has 0 unspecified atom stereocenters. The number of rotatable bonds is 6. The second-order valence-corrected chi connectivity index (χ2v) is 10.3. The van der Waals surface area contributed by atoms with Crippen LogP contribution < -0.4 is 4.74 Å². The summed E-state index contributed by atoms with van der Waals surface area (Å²) in [6.45, 7) is 3.19. The fourth-order valence-electron chi connectivity index (χ4n) is 5.59. The number of likely N-dealkylation sites (tertiary alicyclic amines) is 1. The van der Waals surface area contributed by atoms with Crippen molar-refractivity contribution in [2.75, 3.05) is 54.0 Å². The van der Waals surface area contributed by atoms with Crippen molar-refractivity contribution in [1.29, 1.82) is 0 Å². The van der Waals surface area contributed by atoms with Crippen LogP contribution in [0.4, 0.5) is 0 Å². The van der Waals surface area contributed by atoms with Crippen LogP contribution in [-0.4, -0.2) is 84.7 Å². The number of aromatic nitrogens is 1. The van der Waals surface area contributed by atoms with E-state index in [1.54, 1.807) is 7.11 Å². The summed E-state index contributed by atoms with van der Waals surface area (Å²) < 4.78 is 5.45. The van der Waals surface area contributed by atoms with E-state index in [9.17, 15) is 9.90 Å². The molecule has 1 aromatic heterocycles. The SMILES string of the molecule is COc1ccc2c3c([nH]c2c1)[C@@H](CO)N(Cc1ccc(Cl)cc1)CC31CN(C(=O)CN(C)C)C1. The summed E-state index contributed by atoms with van der Waals surface area (Å²) in [5.74, 6) is 0.933. The fourth-order valence-corrected chi connectivity index (χ4v) is 5.72. The molecule has 1 amide bonds. The van der Waals surface area contributed by atoms with Gasteiger partial charge in [0.15, 0.2) is 0 Å². The van der Waals surface area contributed by atoms with Gasteiger partial charge in [0.05, 0.1) is 26.3 Å². The number of hydrogen-bond acceptors (Lipinski definition) is 5. The molecule has 180 valence electrons. The third-order valence-electron chi connectivity index (χ3n) is 7.11. The van der Waals surface area contributed by atoms with Crippen LogP contribution in [0.15, 0.2) is 42.5 Å². The quantitative estimate of drug-likeness (QED) is 0.565. The topological polar surface area (TPSA) is 72.0 Å². The van der Waals surface area contributed by atoms with Crippen molar-refractivity contribution in [3.8, 4) is 5.75 Å². The Hall–Kier alpha value is -2.58. The van der Waals surface area contributed by atoms with Gasteiger partial charge >= 0.3 is 0 Å². The molecule has 2 aromatic carbocycles. The van der Waals surface area contributed by atoms with Crippen LogP contribution in [0.1, 0.15) is 22.9 Å². The first-order valence-electron chi connectivity index (χ1n) is 11.6. The lowest BCUT2D eigenvalue weighted by Crippen LogP contribution is -2.68. The molecule has 1 fully saturated rings. The molecule has 2 aliphatic heterocycles. The highest BCUT2D eigenvalue weighted by Crippen LogP contribution is 2.49. The molecule has 0 saturated carbocycles. The number of methoxy groups -OCH3 is 1. The van der Waals surface area contributed by atoms with Crippen molar-refractivity contribution >= 4 is 28.4 Å². The van der Waals surface area contributed by atoms with E-state index in [0.29, 0.717) is 31.2 Å². The zero-order valence-corrected chi connectivity index (χ0v) is 20.6. The Kier molecular flexibility index (Phi) is 6.06. The third kappa shape index (κ3) is 3.96. The highest BCUT2D eigenvalue weighted by atomic mass is 35.5. The molecule has 7 nitrogen and oxygen atoms in total. The van der Waals surface area contributed by atoms with E-state index >= 15 is 0 Å². The van der Waals surface area contributed by atoms with Gasteiger partial charge in [-0.2, -0.15) is 0 Å². The van der Waals surface area contributed by atoms with Gasteiger partial charge in [0, 0.05) is 59.3 Å². The molecule has 3 heterocycles. The number of aliphatic hydroxyl groups is 1. The molecule has 0 bridgehead atoms. The van der Waals surface area contributed by atoms with Crippen LogP contribution in [0.2, 0.25) is 5.02 Å². The fraction of sp³-hybridized carbons (Fsp3) is 0.423. The maximum absolute atomic E-state index is 12.8. The Bertz CT molecular complexity index is 1200. The van der Waals surface area contributed by atoms with E-state index in [1.165, 1.54) is 5.56 Å². The van der Waals surface area contributed by atoms with Crippen LogP contribution in [0.5, 0.6) is 5.75 Å². The lowest BCUT2D eigenvalue weighted by Gasteiger charge is -2.56. The average Bonchev–Trinajstić information content (AvgIpc) is 3.16. The van der Waals surface area contributed by atoms with Gasteiger partial charge < -0.3 is 24.6 Å². The summed E-state index contributed by atoms with van der Waals surface area (Å²) in [5.41, 5.74) is 4.20. The van der Waals surface area contributed by atoms with Gasteiger partial charge in [-0.15, -0.1) is 0 Å². The van der Waals surface area contributed by atoms with Crippen molar-refractivity contribution < 1.29 is 14.6 Å². The Labute approximate surface area is 204 Å². The number of amides is 1. The van der Waals surface area contributed by atoms with Gasteiger partial charge in [0.1, 0.15) is 5.75 Å². The number of aromatic amines is 1. The van der Waals surface area contributed by atoms with Crippen molar-refractivity contribution in [3.63, 3.8) is 0 Å². The van der Waals surface area contributed by atoms with E-state index < -0.39 is 0 Å². The van der Waals surface area contributed by atoms with Crippen molar-refractivity contribution in [1.82, 2.24) is 19.7 Å². The zero-order chi connectivity index (χ0) is 24.0. The number of nitrogens with one attached hydrogen (secondary N) is 1.